The molecular formula is C29H60O. The molecule has 0 aliphatic heterocycles. The fourth-order valence-corrected chi connectivity index (χ4v) is 4.74. The van der Waals surface area contributed by atoms with Gasteiger partial charge in [-0.05, 0) is 12.3 Å². The predicted molar refractivity (Wildman–Crippen MR) is 138 cm³/mol. The van der Waals surface area contributed by atoms with Crippen LogP contribution in [0.3, 0.4) is 0 Å². The summed E-state index contributed by atoms with van der Waals surface area (Å²) in [5.74, 6) is 0.960. The van der Waals surface area contributed by atoms with Crippen LogP contribution in [-0.2, 0) is 4.74 Å². The number of ether oxygens (including phenoxy) is 1. The van der Waals surface area contributed by atoms with E-state index in [4.69, 9.17) is 4.74 Å². The summed E-state index contributed by atoms with van der Waals surface area (Å²) < 4.78 is 5.10. The molecule has 0 heterocycles. The van der Waals surface area contributed by atoms with Crippen molar-refractivity contribution in [3.63, 3.8) is 0 Å². The summed E-state index contributed by atoms with van der Waals surface area (Å²) in [6, 6.07) is 0. The molecule has 0 aliphatic rings. The van der Waals surface area contributed by atoms with Gasteiger partial charge in [0, 0.05) is 13.7 Å². The monoisotopic (exact) mass is 424 g/mol. The standard InChI is InChI=1S/C29H60O/c1-4-26-29(2)27-24-22-20-18-16-14-12-10-8-6-5-7-9-11-13-15-17-19-21-23-25-28-30-3/h29H,4-28H2,1-3H3. The van der Waals surface area contributed by atoms with Gasteiger partial charge < -0.3 is 4.74 Å². The van der Waals surface area contributed by atoms with Crippen LogP contribution in [0.2, 0.25) is 0 Å². The Bertz CT molecular complexity index is 288. The average Bonchev–Trinajstić information content (AvgIpc) is 2.74. The zero-order valence-electron chi connectivity index (χ0n) is 21.7. The normalized spacial score (nSPS) is 12.5. The first-order chi connectivity index (χ1) is 14.8. The van der Waals surface area contributed by atoms with Crippen LogP contribution < -0.4 is 0 Å². The molecule has 1 atom stereocenters. The van der Waals surface area contributed by atoms with Crippen molar-refractivity contribution in [2.24, 2.45) is 5.92 Å². The highest BCUT2D eigenvalue weighted by atomic mass is 16.5. The summed E-state index contributed by atoms with van der Waals surface area (Å²) in [5, 5.41) is 0. The van der Waals surface area contributed by atoms with E-state index in [0.717, 1.165) is 12.5 Å². The Balaban J connectivity index is 3.02. The minimum absolute atomic E-state index is 0.943. The van der Waals surface area contributed by atoms with Crippen LogP contribution in [0.25, 0.3) is 0 Å². The van der Waals surface area contributed by atoms with Crippen LogP contribution in [0.1, 0.15) is 168 Å². The summed E-state index contributed by atoms with van der Waals surface area (Å²) in [4.78, 5) is 0. The van der Waals surface area contributed by atoms with E-state index in [1.807, 2.05) is 0 Å². The highest BCUT2D eigenvalue weighted by Crippen LogP contribution is 2.17. The third-order valence-electron chi connectivity index (χ3n) is 6.83. The minimum Gasteiger partial charge on any atom is -0.385 e. The van der Waals surface area contributed by atoms with Gasteiger partial charge >= 0.3 is 0 Å². The topological polar surface area (TPSA) is 9.23 Å². The number of hydrogen-bond acceptors (Lipinski definition) is 1. The lowest BCUT2D eigenvalue weighted by molar-refractivity contribution is 0.192. The molecule has 0 rings (SSSR count). The molecule has 182 valence electrons. The molecule has 30 heavy (non-hydrogen) atoms. The van der Waals surface area contributed by atoms with Crippen LogP contribution in [0.15, 0.2) is 0 Å². The van der Waals surface area contributed by atoms with Crippen LogP contribution in [0.5, 0.6) is 0 Å². The van der Waals surface area contributed by atoms with Crippen molar-refractivity contribution in [2.75, 3.05) is 13.7 Å². The fraction of sp³-hybridized carbons (Fsp3) is 1.00. The third kappa shape index (κ3) is 26.0. The Kier molecular flexibility index (Phi) is 27.0. The number of methoxy groups -OCH3 is 1. The second kappa shape index (κ2) is 27.0. The molecule has 0 aromatic heterocycles. The van der Waals surface area contributed by atoms with Crippen LogP contribution in [0, 0.1) is 5.92 Å². The highest BCUT2D eigenvalue weighted by Gasteiger charge is 2.00. The van der Waals surface area contributed by atoms with Crippen molar-refractivity contribution in [3.05, 3.63) is 0 Å². The average molecular weight is 425 g/mol. The van der Waals surface area contributed by atoms with Gasteiger partial charge in [-0.3, -0.25) is 0 Å². The summed E-state index contributed by atoms with van der Waals surface area (Å²) >= 11 is 0. The maximum absolute atomic E-state index is 5.10. The van der Waals surface area contributed by atoms with E-state index in [9.17, 15) is 0 Å². The van der Waals surface area contributed by atoms with E-state index >= 15 is 0 Å². The summed E-state index contributed by atoms with van der Waals surface area (Å²) in [6.45, 7) is 5.69. The molecule has 0 saturated carbocycles. The quantitative estimate of drug-likeness (QED) is 0.125. The van der Waals surface area contributed by atoms with E-state index in [-0.39, 0.29) is 0 Å². The first-order valence-electron chi connectivity index (χ1n) is 14.3. The van der Waals surface area contributed by atoms with Gasteiger partial charge in [0.2, 0.25) is 0 Å². The predicted octanol–water partition coefficient (Wildman–Crippen LogP) is 10.7. The van der Waals surface area contributed by atoms with Crippen molar-refractivity contribution < 1.29 is 4.74 Å². The van der Waals surface area contributed by atoms with Gasteiger partial charge in [-0.15, -0.1) is 0 Å². The molecule has 0 spiro atoms. The van der Waals surface area contributed by atoms with Crippen LogP contribution in [0.4, 0.5) is 0 Å². The Morgan fingerprint density at radius 2 is 0.733 bits per heavy atom. The summed E-state index contributed by atoms with van der Waals surface area (Å²) in [6.07, 6.45) is 34.8. The molecule has 0 aromatic carbocycles. The highest BCUT2D eigenvalue weighted by molar-refractivity contribution is 4.54. The number of unbranched alkanes of at least 4 members (excludes halogenated alkanes) is 20. The zero-order valence-corrected chi connectivity index (χ0v) is 21.7. The fourth-order valence-electron chi connectivity index (χ4n) is 4.74. The molecule has 0 aliphatic carbocycles. The molecule has 1 nitrogen and oxygen atoms in total. The molecule has 0 aromatic rings. The van der Waals surface area contributed by atoms with Gasteiger partial charge in [0.15, 0.2) is 0 Å². The molecular weight excluding hydrogens is 364 g/mol. The van der Waals surface area contributed by atoms with Gasteiger partial charge in [-0.1, -0.05) is 162 Å². The van der Waals surface area contributed by atoms with Crippen molar-refractivity contribution in [1.29, 1.82) is 0 Å². The van der Waals surface area contributed by atoms with Crippen LogP contribution in [-0.4, -0.2) is 13.7 Å². The molecule has 0 fully saturated rings. The van der Waals surface area contributed by atoms with Gasteiger partial charge in [0.25, 0.3) is 0 Å². The summed E-state index contributed by atoms with van der Waals surface area (Å²) in [7, 11) is 1.81. The van der Waals surface area contributed by atoms with E-state index in [2.05, 4.69) is 13.8 Å². The van der Waals surface area contributed by atoms with Crippen molar-refractivity contribution in [3.8, 4) is 0 Å². The van der Waals surface area contributed by atoms with E-state index in [1.54, 1.807) is 7.11 Å². The lowest BCUT2D eigenvalue weighted by atomic mass is 9.98. The van der Waals surface area contributed by atoms with Crippen LogP contribution >= 0.6 is 0 Å². The van der Waals surface area contributed by atoms with Crippen molar-refractivity contribution in [1.82, 2.24) is 0 Å². The van der Waals surface area contributed by atoms with Crippen molar-refractivity contribution in [2.45, 2.75) is 168 Å². The van der Waals surface area contributed by atoms with Gasteiger partial charge in [-0.25, -0.2) is 0 Å². The van der Waals surface area contributed by atoms with E-state index in [1.165, 1.54) is 154 Å². The van der Waals surface area contributed by atoms with E-state index in [0.29, 0.717) is 0 Å². The molecule has 1 unspecified atom stereocenters. The Labute approximate surface area is 192 Å². The molecule has 1 heteroatoms. The minimum atomic E-state index is 0.943. The molecule has 0 saturated heterocycles. The maximum Gasteiger partial charge on any atom is 0.0462 e. The maximum atomic E-state index is 5.10. The molecule has 0 radical (unpaired) electrons. The Hall–Kier alpha value is -0.0400. The first-order valence-corrected chi connectivity index (χ1v) is 14.3. The van der Waals surface area contributed by atoms with Gasteiger partial charge in [-0.2, -0.15) is 0 Å². The largest absolute Gasteiger partial charge is 0.385 e. The number of rotatable bonds is 26. The lowest BCUT2D eigenvalue weighted by Gasteiger charge is -2.09. The Morgan fingerprint density at radius 1 is 0.433 bits per heavy atom. The van der Waals surface area contributed by atoms with E-state index < -0.39 is 0 Å². The molecule has 0 bridgehead atoms. The first kappa shape index (κ1) is 30.0. The van der Waals surface area contributed by atoms with Crippen molar-refractivity contribution >= 4 is 0 Å². The second-order valence-corrected chi connectivity index (χ2v) is 10.1. The van der Waals surface area contributed by atoms with Gasteiger partial charge in [0.05, 0.1) is 0 Å². The molecule has 0 amide bonds. The summed E-state index contributed by atoms with van der Waals surface area (Å²) in [5.41, 5.74) is 0. The Morgan fingerprint density at radius 3 is 1.03 bits per heavy atom. The smallest absolute Gasteiger partial charge is 0.0462 e. The SMILES string of the molecule is CCCC(C)CCCCCCCCCCCCCCCCCCCCCCCOC. The second-order valence-electron chi connectivity index (χ2n) is 10.1. The van der Waals surface area contributed by atoms with Gasteiger partial charge in [0.1, 0.15) is 0 Å². The molecule has 0 N–H and O–H groups in total. The zero-order chi connectivity index (χ0) is 22.0. The third-order valence-corrected chi connectivity index (χ3v) is 6.83. The number of hydrogen-bond donors (Lipinski definition) is 0. The lowest BCUT2D eigenvalue weighted by Crippen LogP contribution is -1.93.